The van der Waals surface area contributed by atoms with Gasteiger partial charge < -0.3 is 4.74 Å². The largest absolute Gasteiger partial charge is 0.443 e. The lowest BCUT2D eigenvalue weighted by molar-refractivity contribution is 0.0584. The molecule has 0 bridgehead atoms. The van der Waals surface area contributed by atoms with E-state index in [1.54, 1.807) is 21.7 Å². The van der Waals surface area contributed by atoms with Crippen LogP contribution in [0.15, 0.2) is 24.3 Å². The summed E-state index contributed by atoms with van der Waals surface area (Å²) >= 11 is 12.0. The van der Waals surface area contributed by atoms with Gasteiger partial charge in [0, 0.05) is 11.6 Å². The van der Waals surface area contributed by atoms with Crippen LogP contribution in [0.5, 0.6) is 0 Å². The van der Waals surface area contributed by atoms with Gasteiger partial charge in [-0.05, 0) is 32.9 Å². The summed E-state index contributed by atoms with van der Waals surface area (Å²) in [5, 5.41) is 5.50. The molecule has 0 saturated carbocycles. The zero-order chi connectivity index (χ0) is 16.8. The molecule has 0 unspecified atom stereocenters. The molecular weight excluding hydrogens is 337 g/mol. The molecule has 1 aliphatic heterocycles. The van der Waals surface area contributed by atoms with Crippen LogP contribution in [-0.2, 0) is 11.3 Å². The molecule has 2 aromatic rings. The molecule has 2 heterocycles. The minimum atomic E-state index is -0.531. The topological polar surface area (TPSA) is 47.4 Å². The van der Waals surface area contributed by atoms with Crippen LogP contribution in [0, 0.1) is 0 Å². The molecule has 0 atom stereocenters. The van der Waals surface area contributed by atoms with E-state index in [4.69, 9.17) is 27.9 Å². The number of benzene rings is 1. The van der Waals surface area contributed by atoms with Gasteiger partial charge in [-0.2, -0.15) is 5.10 Å². The van der Waals surface area contributed by atoms with Crippen molar-refractivity contribution in [3.8, 4) is 11.3 Å². The first-order chi connectivity index (χ1) is 10.7. The van der Waals surface area contributed by atoms with E-state index in [0.717, 1.165) is 17.1 Å². The van der Waals surface area contributed by atoms with E-state index in [-0.39, 0.29) is 6.09 Å². The molecule has 1 aromatic carbocycles. The molecule has 122 valence electrons. The third kappa shape index (κ3) is 3.31. The fraction of sp³-hybridized carbons (Fsp3) is 0.375. The predicted molar refractivity (Wildman–Crippen MR) is 91.3 cm³/mol. The summed E-state index contributed by atoms with van der Waals surface area (Å²) in [4.78, 5) is 13.9. The lowest BCUT2D eigenvalue weighted by Gasteiger charge is -2.23. The first-order valence-electron chi connectivity index (χ1n) is 7.28. The van der Waals surface area contributed by atoms with Gasteiger partial charge in [0.25, 0.3) is 0 Å². The van der Waals surface area contributed by atoms with Crippen molar-refractivity contribution in [2.75, 3.05) is 11.4 Å². The molecule has 5 nitrogen and oxygen atoms in total. The molecule has 1 aromatic heterocycles. The first kappa shape index (κ1) is 16.1. The van der Waals surface area contributed by atoms with E-state index in [9.17, 15) is 4.79 Å². The Morgan fingerprint density at radius 1 is 1.17 bits per heavy atom. The number of fused-ring (bicyclic) bond motifs is 1. The molecular formula is C16H17Cl2N3O2. The summed E-state index contributed by atoms with van der Waals surface area (Å²) in [6.07, 6.45) is -0.364. The molecule has 1 amide bonds. The maximum atomic E-state index is 12.3. The average molecular weight is 354 g/mol. The van der Waals surface area contributed by atoms with E-state index in [1.807, 2.05) is 32.9 Å². The Morgan fingerprint density at radius 3 is 2.57 bits per heavy atom. The molecule has 0 spiro atoms. The van der Waals surface area contributed by atoms with Crippen molar-refractivity contribution in [2.45, 2.75) is 32.9 Å². The Kier molecular flexibility index (Phi) is 4.02. The van der Waals surface area contributed by atoms with Crippen molar-refractivity contribution in [3.63, 3.8) is 0 Å². The third-order valence-electron chi connectivity index (χ3n) is 3.40. The highest BCUT2D eigenvalue weighted by Crippen LogP contribution is 2.32. The van der Waals surface area contributed by atoms with E-state index in [2.05, 4.69) is 5.10 Å². The van der Waals surface area contributed by atoms with Crippen LogP contribution in [0.1, 0.15) is 20.8 Å². The molecule has 0 aliphatic carbocycles. The van der Waals surface area contributed by atoms with Crippen LogP contribution in [0.25, 0.3) is 11.3 Å². The fourth-order valence-corrected chi connectivity index (χ4v) is 2.69. The SMILES string of the molecule is CC(C)(C)OC(=O)N1CCn2nc(-c3ccc(Cl)c(Cl)c3)cc21. The zero-order valence-corrected chi connectivity index (χ0v) is 14.6. The minimum absolute atomic E-state index is 0.364. The molecule has 0 N–H and O–H groups in total. The predicted octanol–water partition coefficient (Wildman–Crippen LogP) is 4.61. The van der Waals surface area contributed by atoms with E-state index < -0.39 is 5.60 Å². The van der Waals surface area contributed by atoms with E-state index in [1.165, 1.54) is 0 Å². The highest BCUT2D eigenvalue weighted by atomic mass is 35.5. The second-order valence-corrected chi connectivity index (χ2v) is 7.19. The normalized spacial score (nSPS) is 14.0. The van der Waals surface area contributed by atoms with E-state index >= 15 is 0 Å². The summed E-state index contributed by atoms with van der Waals surface area (Å²) in [5.41, 5.74) is 1.06. The monoisotopic (exact) mass is 353 g/mol. The first-order valence-corrected chi connectivity index (χ1v) is 8.04. The number of rotatable bonds is 1. The van der Waals surface area contributed by atoms with Crippen molar-refractivity contribution in [1.29, 1.82) is 0 Å². The smallest absolute Gasteiger partial charge is 0.416 e. The van der Waals surface area contributed by atoms with Crippen LogP contribution >= 0.6 is 23.2 Å². The van der Waals surface area contributed by atoms with Crippen molar-refractivity contribution in [1.82, 2.24) is 9.78 Å². The molecule has 0 radical (unpaired) electrons. The lowest BCUT2D eigenvalue weighted by atomic mass is 10.1. The Balaban J connectivity index is 1.88. The Bertz CT molecular complexity index is 765. The van der Waals surface area contributed by atoms with Crippen molar-refractivity contribution < 1.29 is 9.53 Å². The number of amides is 1. The van der Waals surface area contributed by atoms with Gasteiger partial charge in [0.1, 0.15) is 11.4 Å². The molecule has 1 aliphatic rings. The van der Waals surface area contributed by atoms with E-state index in [0.29, 0.717) is 23.1 Å². The zero-order valence-electron chi connectivity index (χ0n) is 13.1. The summed E-state index contributed by atoms with van der Waals surface area (Å²) in [5.74, 6) is 0.723. The third-order valence-corrected chi connectivity index (χ3v) is 4.14. The highest BCUT2D eigenvalue weighted by Gasteiger charge is 2.30. The van der Waals surface area contributed by atoms with Gasteiger partial charge in [-0.1, -0.05) is 29.3 Å². The Hall–Kier alpha value is -1.72. The van der Waals surface area contributed by atoms with Crippen molar-refractivity contribution in [2.24, 2.45) is 0 Å². The van der Waals surface area contributed by atoms with Gasteiger partial charge in [-0.3, -0.25) is 4.90 Å². The number of hydrogen-bond acceptors (Lipinski definition) is 3. The number of anilines is 1. The molecule has 0 fully saturated rings. The Morgan fingerprint density at radius 2 is 1.91 bits per heavy atom. The standard InChI is InChI=1S/C16H17Cl2N3O2/c1-16(2,3)23-15(22)20-6-7-21-14(20)9-13(19-21)10-4-5-11(17)12(18)8-10/h4-5,8-9H,6-7H2,1-3H3. The second-order valence-electron chi connectivity index (χ2n) is 6.37. The highest BCUT2D eigenvalue weighted by molar-refractivity contribution is 6.42. The molecule has 3 rings (SSSR count). The lowest BCUT2D eigenvalue weighted by Crippen LogP contribution is -2.35. The quantitative estimate of drug-likeness (QED) is 0.751. The molecule has 0 saturated heterocycles. The number of ether oxygens (including phenoxy) is 1. The number of carbonyl (C=O) groups excluding carboxylic acids is 1. The number of nitrogens with zero attached hydrogens (tertiary/aromatic N) is 3. The number of hydrogen-bond donors (Lipinski definition) is 0. The summed E-state index contributed by atoms with van der Waals surface area (Å²) in [7, 11) is 0. The summed E-state index contributed by atoms with van der Waals surface area (Å²) < 4.78 is 7.23. The summed E-state index contributed by atoms with van der Waals surface area (Å²) in [6, 6.07) is 7.20. The van der Waals surface area contributed by atoms with Gasteiger partial charge in [0.05, 0.1) is 28.8 Å². The van der Waals surface area contributed by atoms with Crippen LogP contribution in [0.2, 0.25) is 10.0 Å². The fourth-order valence-electron chi connectivity index (χ4n) is 2.40. The average Bonchev–Trinajstić information content (AvgIpc) is 2.99. The van der Waals surface area contributed by atoms with Crippen LogP contribution in [0.3, 0.4) is 0 Å². The van der Waals surface area contributed by atoms with Gasteiger partial charge in [0.2, 0.25) is 0 Å². The number of carbonyl (C=O) groups is 1. The maximum absolute atomic E-state index is 12.3. The molecule has 23 heavy (non-hydrogen) atoms. The summed E-state index contributed by atoms with van der Waals surface area (Å²) in [6.45, 7) is 6.73. The van der Waals surface area contributed by atoms with Crippen LogP contribution in [0.4, 0.5) is 10.6 Å². The van der Waals surface area contributed by atoms with Gasteiger partial charge in [-0.25, -0.2) is 9.48 Å². The van der Waals surface area contributed by atoms with Crippen LogP contribution in [-0.4, -0.2) is 28.0 Å². The second kappa shape index (κ2) is 5.73. The maximum Gasteiger partial charge on any atom is 0.416 e. The van der Waals surface area contributed by atoms with Gasteiger partial charge >= 0.3 is 6.09 Å². The van der Waals surface area contributed by atoms with Crippen molar-refractivity contribution in [3.05, 3.63) is 34.3 Å². The minimum Gasteiger partial charge on any atom is -0.443 e. The molecule has 7 heteroatoms. The Labute approximate surface area is 144 Å². The van der Waals surface area contributed by atoms with Crippen LogP contribution < -0.4 is 4.90 Å². The number of halogens is 2. The number of aromatic nitrogens is 2. The van der Waals surface area contributed by atoms with Gasteiger partial charge in [-0.15, -0.1) is 0 Å². The van der Waals surface area contributed by atoms with Gasteiger partial charge in [0.15, 0.2) is 0 Å². The van der Waals surface area contributed by atoms with Crippen molar-refractivity contribution >= 4 is 35.1 Å².